The molecule has 3 amide bonds. The molecule has 0 bridgehead atoms. The van der Waals surface area contributed by atoms with E-state index in [4.69, 9.17) is 0 Å². The Hall–Kier alpha value is -2.96. The molecule has 0 aliphatic carbocycles. The predicted molar refractivity (Wildman–Crippen MR) is 94.3 cm³/mol. The molecule has 1 atom stereocenters. The third-order valence-electron chi connectivity index (χ3n) is 3.80. The second kappa shape index (κ2) is 8.94. The average molecular weight is 361 g/mol. The molecule has 0 spiro atoms. The Balaban J connectivity index is 1.74. The van der Waals surface area contributed by atoms with Gasteiger partial charge in [-0.15, -0.1) is 0 Å². The van der Waals surface area contributed by atoms with Crippen LogP contribution in [-0.4, -0.2) is 18.5 Å². The molecule has 26 heavy (non-hydrogen) atoms. The van der Waals surface area contributed by atoms with E-state index in [1.165, 1.54) is 6.07 Å². The first kappa shape index (κ1) is 19.4. The van der Waals surface area contributed by atoms with Crippen molar-refractivity contribution in [3.05, 3.63) is 70.8 Å². The number of benzene rings is 2. The van der Waals surface area contributed by atoms with Crippen molar-refractivity contribution in [2.45, 2.75) is 26.4 Å². The number of hydrogen-bond acceptors (Lipinski definition) is 2. The van der Waals surface area contributed by atoms with E-state index in [9.17, 15) is 18.4 Å². The lowest BCUT2D eigenvalue weighted by molar-refractivity contribution is -0.120. The van der Waals surface area contributed by atoms with Gasteiger partial charge in [0.25, 0.3) is 0 Å². The molecule has 0 aromatic heterocycles. The summed E-state index contributed by atoms with van der Waals surface area (Å²) in [4.78, 5) is 23.6. The fourth-order valence-electron chi connectivity index (χ4n) is 2.27. The van der Waals surface area contributed by atoms with Crippen LogP contribution in [-0.2, 0) is 11.3 Å². The molecule has 5 nitrogen and oxygen atoms in total. The van der Waals surface area contributed by atoms with Crippen LogP contribution in [0.25, 0.3) is 0 Å². The summed E-state index contributed by atoms with van der Waals surface area (Å²) in [5.74, 6) is -2.36. The number of hydrogen-bond donors (Lipinski definition) is 3. The zero-order chi connectivity index (χ0) is 19.1. The summed E-state index contributed by atoms with van der Waals surface area (Å²) in [5, 5.41) is 7.70. The van der Waals surface area contributed by atoms with E-state index >= 15 is 0 Å². The SMILES string of the molecule is Cc1ccc(CNC(=O)NCC(=O)NC(C)c2ccc(F)c(F)c2)cc1. The largest absolute Gasteiger partial charge is 0.348 e. The van der Waals surface area contributed by atoms with Crippen LogP contribution in [0.2, 0.25) is 0 Å². The van der Waals surface area contributed by atoms with Gasteiger partial charge in [0, 0.05) is 6.54 Å². The summed E-state index contributed by atoms with van der Waals surface area (Å²) in [6.07, 6.45) is 0. The molecule has 0 radical (unpaired) electrons. The number of nitrogens with one attached hydrogen (secondary N) is 3. The minimum absolute atomic E-state index is 0.228. The van der Waals surface area contributed by atoms with Gasteiger partial charge >= 0.3 is 6.03 Å². The first-order valence-electron chi connectivity index (χ1n) is 8.16. The molecule has 0 aliphatic heterocycles. The fraction of sp³-hybridized carbons (Fsp3) is 0.263. The third-order valence-corrected chi connectivity index (χ3v) is 3.80. The van der Waals surface area contributed by atoms with Crippen LogP contribution in [0.15, 0.2) is 42.5 Å². The number of amides is 3. The lowest BCUT2D eigenvalue weighted by Crippen LogP contribution is -2.42. The van der Waals surface area contributed by atoms with Gasteiger partial charge in [0.1, 0.15) is 0 Å². The molecule has 0 aliphatic rings. The van der Waals surface area contributed by atoms with Crippen LogP contribution in [0.5, 0.6) is 0 Å². The quantitative estimate of drug-likeness (QED) is 0.740. The van der Waals surface area contributed by atoms with Crippen LogP contribution in [0.4, 0.5) is 13.6 Å². The highest BCUT2D eigenvalue weighted by molar-refractivity contribution is 5.84. The Labute approximate surface area is 150 Å². The second-order valence-electron chi connectivity index (χ2n) is 5.98. The molecule has 2 aromatic rings. The minimum Gasteiger partial charge on any atom is -0.348 e. The number of urea groups is 1. The number of aryl methyl sites for hydroxylation is 1. The zero-order valence-electron chi connectivity index (χ0n) is 14.6. The van der Waals surface area contributed by atoms with Gasteiger partial charge in [0.05, 0.1) is 12.6 Å². The summed E-state index contributed by atoms with van der Waals surface area (Å²) < 4.78 is 26.2. The van der Waals surface area contributed by atoms with Gasteiger partial charge in [0.15, 0.2) is 11.6 Å². The van der Waals surface area contributed by atoms with Gasteiger partial charge in [-0.05, 0) is 37.1 Å². The molecule has 0 fully saturated rings. The van der Waals surface area contributed by atoms with Crippen molar-refractivity contribution in [2.24, 2.45) is 0 Å². The topological polar surface area (TPSA) is 70.2 Å². The molecule has 138 valence electrons. The van der Waals surface area contributed by atoms with Crippen molar-refractivity contribution in [1.29, 1.82) is 0 Å². The maximum atomic E-state index is 13.2. The predicted octanol–water partition coefficient (Wildman–Crippen LogP) is 2.95. The van der Waals surface area contributed by atoms with Gasteiger partial charge in [-0.3, -0.25) is 4.79 Å². The highest BCUT2D eigenvalue weighted by Crippen LogP contribution is 2.15. The Morgan fingerprint density at radius 2 is 1.69 bits per heavy atom. The number of halogens is 2. The van der Waals surface area contributed by atoms with Crippen LogP contribution in [0.1, 0.15) is 29.7 Å². The van der Waals surface area contributed by atoms with Gasteiger partial charge < -0.3 is 16.0 Å². The smallest absolute Gasteiger partial charge is 0.315 e. The summed E-state index contributed by atoms with van der Waals surface area (Å²) in [6, 6.07) is 10.1. The molecule has 0 saturated carbocycles. The summed E-state index contributed by atoms with van der Waals surface area (Å²) in [6.45, 7) is 3.73. The van der Waals surface area contributed by atoms with Crippen molar-refractivity contribution in [1.82, 2.24) is 16.0 Å². The van der Waals surface area contributed by atoms with E-state index in [2.05, 4.69) is 16.0 Å². The maximum absolute atomic E-state index is 13.2. The van der Waals surface area contributed by atoms with E-state index in [1.807, 2.05) is 31.2 Å². The van der Waals surface area contributed by atoms with E-state index in [0.717, 1.165) is 23.3 Å². The van der Waals surface area contributed by atoms with Gasteiger partial charge in [-0.2, -0.15) is 0 Å². The molecular formula is C19H21F2N3O2. The normalized spacial score (nSPS) is 11.5. The maximum Gasteiger partial charge on any atom is 0.315 e. The van der Waals surface area contributed by atoms with Crippen molar-refractivity contribution in [3.63, 3.8) is 0 Å². The van der Waals surface area contributed by atoms with Crippen molar-refractivity contribution in [2.75, 3.05) is 6.54 Å². The highest BCUT2D eigenvalue weighted by Gasteiger charge is 2.12. The Morgan fingerprint density at radius 1 is 1.00 bits per heavy atom. The van der Waals surface area contributed by atoms with Gasteiger partial charge in [0.2, 0.25) is 5.91 Å². The first-order chi connectivity index (χ1) is 12.3. The molecule has 7 heteroatoms. The van der Waals surface area contributed by atoms with Crippen LogP contribution < -0.4 is 16.0 Å². The van der Waals surface area contributed by atoms with E-state index in [1.54, 1.807) is 6.92 Å². The first-order valence-corrected chi connectivity index (χ1v) is 8.16. The standard InChI is InChI=1S/C19H21F2N3O2/c1-12-3-5-14(6-4-12)10-22-19(26)23-11-18(25)24-13(2)15-7-8-16(20)17(21)9-15/h3-9,13H,10-11H2,1-2H3,(H,24,25)(H2,22,23,26). The molecule has 2 aromatic carbocycles. The zero-order valence-corrected chi connectivity index (χ0v) is 14.6. The minimum atomic E-state index is -0.975. The second-order valence-corrected chi connectivity index (χ2v) is 5.98. The average Bonchev–Trinajstić information content (AvgIpc) is 2.61. The number of carbonyl (C=O) groups excluding carboxylic acids is 2. The number of rotatable bonds is 6. The molecule has 2 rings (SSSR count). The van der Waals surface area contributed by atoms with E-state index in [0.29, 0.717) is 12.1 Å². The highest BCUT2D eigenvalue weighted by atomic mass is 19.2. The van der Waals surface area contributed by atoms with Crippen LogP contribution in [0, 0.1) is 18.6 Å². The molecule has 0 saturated heterocycles. The third kappa shape index (κ3) is 5.84. The molecular weight excluding hydrogens is 340 g/mol. The van der Waals surface area contributed by atoms with Gasteiger partial charge in [-0.25, -0.2) is 13.6 Å². The monoisotopic (exact) mass is 361 g/mol. The molecule has 3 N–H and O–H groups in total. The van der Waals surface area contributed by atoms with E-state index < -0.39 is 29.6 Å². The summed E-state index contributed by atoms with van der Waals surface area (Å²) in [5.41, 5.74) is 2.51. The molecule has 0 heterocycles. The van der Waals surface area contributed by atoms with Crippen molar-refractivity contribution < 1.29 is 18.4 Å². The van der Waals surface area contributed by atoms with Crippen LogP contribution in [0.3, 0.4) is 0 Å². The lowest BCUT2D eigenvalue weighted by atomic mass is 10.1. The van der Waals surface area contributed by atoms with Crippen LogP contribution >= 0.6 is 0 Å². The Kier molecular flexibility index (Phi) is 6.66. The molecule has 1 unspecified atom stereocenters. The van der Waals surface area contributed by atoms with Gasteiger partial charge in [-0.1, -0.05) is 35.9 Å². The summed E-state index contributed by atoms with van der Waals surface area (Å²) >= 11 is 0. The number of carbonyl (C=O) groups is 2. The lowest BCUT2D eigenvalue weighted by Gasteiger charge is -2.15. The van der Waals surface area contributed by atoms with Crippen molar-refractivity contribution in [3.8, 4) is 0 Å². The fourth-order valence-corrected chi connectivity index (χ4v) is 2.27. The summed E-state index contributed by atoms with van der Waals surface area (Å²) in [7, 11) is 0. The Morgan fingerprint density at radius 3 is 2.35 bits per heavy atom. The van der Waals surface area contributed by atoms with Crippen molar-refractivity contribution >= 4 is 11.9 Å². The Bertz CT molecular complexity index is 779. The van der Waals surface area contributed by atoms with E-state index in [-0.39, 0.29) is 6.54 Å².